The van der Waals surface area contributed by atoms with Crippen LogP contribution in [-0.2, 0) is 15.6 Å². The van der Waals surface area contributed by atoms with Crippen LogP contribution in [0.5, 0.6) is 0 Å². The van der Waals surface area contributed by atoms with Gasteiger partial charge in [-0.05, 0) is 26.7 Å². The quantitative estimate of drug-likeness (QED) is 0.888. The molecule has 1 aromatic rings. The predicted octanol–water partition coefficient (Wildman–Crippen LogP) is 1.89. The zero-order valence-corrected chi connectivity index (χ0v) is 11.9. The molecule has 0 atom stereocenters. The van der Waals surface area contributed by atoms with Gasteiger partial charge < -0.3 is 5.73 Å². The van der Waals surface area contributed by atoms with Crippen molar-refractivity contribution in [2.24, 2.45) is 5.73 Å². The van der Waals surface area contributed by atoms with Crippen molar-refractivity contribution in [1.82, 2.24) is 4.98 Å². The number of nitrogens with one attached hydrogen (secondary N) is 1. The van der Waals surface area contributed by atoms with Gasteiger partial charge >= 0.3 is 0 Å². The van der Waals surface area contributed by atoms with Gasteiger partial charge in [-0.2, -0.15) is 0 Å². The fourth-order valence-electron chi connectivity index (χ4n) is 1.33. The van der Waals surface area contributed by atoms with Crippen LogP contribution in [0.15, 0.2) is 0 Å². The van der Waals surface area contributed by atoms with Gasteiger partial charge in [-0.15, -0.1) is 0 Å². The Morgan fingerprint density at radius 1 is 1.53 bits per heavy atom. The summed E-state index contributed by atoms with van der Waals surface area (Å²) in [6, 6.07) is 0. The number of nitrogens with zero attached hydrogens (tertiary/aromatic N) is 1. The molecule has 1 aromatic heterocycles. The molecule has 5 nitrogen and oxygen atoms in total. The van der Waals surface area contributed by atoms with E-state index in [0.717, 1.165) is 11.3 Å². The van der Waals surface area contributed by atoms with E-state index in [9.17, 15) is 8.42 Å². The minimum atomic E-state index is -3.29. The van der Waals surface area contributed by atoms with Gasteiger partial charge in [-0.25, -0.2) is 13.4 Å². The minimum Gasteiger partial charge on any atom is -0.321 e. The molecule has 0 radical (unpaired) electrons. The molecule has 0 spiro atoms. The highest BCUT2D eigenvalue weighted by molar-refractivity contribution is 7.93. The maximum atomic E-state index is 11.7. The lowest BCUT2D eigenvalue weighted by Crippen LogP contribution is -2.29. The van der Waals surface area contributed by atoms with E-state index in [2.05, 4.69) is 9.71 Å². The highest BCUT2D eigenvalue weighted by atomic mass is 35.5. The lowest BCUT2D eigenvalue weighted by molar-refractivity contribution is 0.539. The van der Waals surface area contributed by atoms with Crippen molar-refractivity contribution < 1.29 is 8.42 Å². The molecule has 17 heavy (non-hydrogen) atoms. The summed E-state index contributed by atoms with van der Waals surface area (Å²) in [4.78, 5) is 4.15. The minimum absolute atomic E-state index is 0.278. The lowest BCUT2D eigenvalue weighted by Gasteiger charge is -2.15. The molecule has 0 saturated heterocycles. The van der Waals surface area contributed by atoms with Crippen molar-refractivity contribution in [1.29, 1.82) is 0 Å². The number of hydrogen-bond donors (Lipinski definition) is 2. The topological polar surface area (TPSA) is 85.1 Å². The number of hydrogen-bond acceptors (Lipinski definition) is 5. The summed E-state index contributed by atoms with van der Waals surface area (Å²) in [6.07, 6.45) is 1.42. The first-order valence-electron chi connectivity index (χ1n) is 5.17. The highest BCUT2D eigenvalue weighted by Gasteiger charge is 2.36. The average molecular weight is 296 g/mol. The summed E-state index contributed by atoms with van der Waals surface area (Å²) in [5, 5.41) is 0.00920. The first kappa shape index (κ1) is 13.1. The third kappa shape index (κ3) is 2.90. The van der Waals surface area contributed by atoms with Gasteiger partial charge in [-0.1, -0.05) is 22.9 Å². The van der Waals surface area contributed by atoms with Crippen molar-refractivity contribution in [2.45, 2.75) is 37.5 Å². The summed E-state index contributed by atoms with van der Waals surface area (Å²) >= 11 is 7.09. The molecule has 96 valence electrons. The maximum Gasteiger partial charge on any atom is 0.237 e. The molecule has 1 saturated carbocycles. The van der Waals surface area contributed by atoms with Gasteiger partial charge in [0.05, 0.1) is 16.5 Å². The second-order valence-corrected chi connectivity index (χ2v) is 8.27. The Bertz CT molecular complexity index is 529. The summed E-state index contributed by atoms with van der Waals surface area (Å²) < 4.78 is 26.3. The third-order valence-corrected chi connectivity index (χ3v) is 5.51. The molecule has 0 bridgehead atoms. The molecule has 1 fully saturated rings. The molecule has 8 heteroatoms. The summed E-state index contributed by atoms with van der Waals surface area (Å²) in [5.74, 6) is 0. The van der Waals surface area contributed by atoms with Crippen molar-refractivity contribution in [3.05, 3.63) is 10.0 Å². The van der Waals surface area contributed by atoms with E-state index in [1.165, 1.54) is 0 Å². The van der Waals surface area contributed by atoms with E-state index in [4.69, 9.17) is 17.3 Å². The number of anilines is 1. The van der Waals surface area contributed by atoms with E-state index in [1.807, 2.05) is 0 Å². The van der Waals surface area contributed by atoms with E-state index < -0.39 is 15.6 Å². The molecule has 1 aliphatic rings. The molecule has 3 N–H and O–H groups in total. The zero-order valence-electron chi connectivity index (χ0n) is 9.53. The van der Waals surface area contributed by atoms with Crippen LogP contribution in [0, 0.1) is 0 Å². The first-order valence-corrected chi connectivity index (χ1v) is 7.91. The molecular weight excluding hydrogens is 282 g/mol. The molecule has 0 aromatic carbocycles. The standard InChI is InChI=1S/C9H14ClN3O2S2/c1-9(2,11)6-7(10)16-8(12-6)13-17(14,15)5-3-4-5/h5H,3-4,11H2,1-2H3,(H,12,13). The lowest BCUT2D eigenvalue weighted by atomic mass is 10.0. The second-order valence-electron chi connectivity index (χ2n) is 4.71. The molecule has 2 rings (SSSR count). The van der Waals surface area contributed by atoms with E-state index in [1.54, 1.807) is 13.8 Å². The van der Waals surface area contributed by atoms with Crippen LogP contribution in [0.2, 0.25) is 4.34 Å². The van der Waals surface area contributed by atoms with Gasteiger partial charge in [0.25, 0.3) is 0 Å². The van der Waals surface area contributed by atoms with Gasteiger partial charge in [0.2, 0.25) is 10.0 Å². The van der Waals surface area contributed by atoms with Crippen LogP contribution in [0.1, 0.15) is 32.4 Å². The number of halogens is 1. The van der Waals surface area contributed by atoms with Gasteiger partial charge in [0.1, 0.15) is 4.34 Å². The van der Waals surface area contributed by atoms with Gasteiger partial charge in [0.15, 0.2) is 5.13 Å². The SMILES string of the molecule is CC(C)(N)c1nc(NS(=O)(=O)C2CC2)sc1Cl. The second kappa shape index (κ2) is 4.08. The summed E-state index contributed by atoms with van der Waals surface area (Å²) in [6.45, 7) is 3.54. The highest BCUT2D eigenvalue weighted by Crippen LogP contribution is 2.36. The molecule has 0 unspecified atom stereocenters. The normalized spacial score (nSPS) is 17.2. The van der Waals surface area contributed by atoms with Crippen LogP contribution in [0.25, 0.3) is 0 Å². The average Bonchev–Trinajstić information content (AvgIpc) is 2.90. The first-order chi connectivity index (χ1) is 7.70. The van der Waals surface area contributed by atoms with Crippen LogP contribution in [0.3, 0.4) is 0 Å². The molecular formula is C9H14ClN3O2S2. The Hall–Kier alpha value is -0.370. The molecule has 0 aliphatic heterocycles. The Balaban J connectivity index is 2.24. The van der Waals surface area contributed by atoms with Crippen molar-refractivity contribution >= 4 is 38.1 Å². The Morgan fingerprint density at radius 3 is 2.53 bits per heavy atom. The van der Waals surface area contributed by atoms with Gasteiger partial charge in [0, 0.05) is 0 Å². The van der Waals surface area contributed by atoms with Crippen LogP contribution >= 0.6 is 22.9 Å². The van der Waals surface area contributed by atoms with E-state index in [0.29, 0.717) is 22.9 Å². The Morgan fingerprint density at radius 2 is 2.12 bits per heavy atom. The van der Waals surface area contributed by atoms with Crippen molar-refractivity contribution in [3.8, 4) is 0 Å². The zero-order chi connectivity index (χ0) is 12.8. The number of thiazole rings is 1. The van der Waals surface area contributed by atoms with Crippen molar-refractivity contribution in [3.63, 3.8) is 0 Å². The number of nitrogens with two attached hydrogens (primary N) is 1. The number of sulfonamides is 1. The Labute approximate surface area is 109 Å². The van der Waals surface area contributed by atoms with Crippen molar-refractivity contribution in [2.75, 3.05) is 4.72 Å². The molecule has 1 heterocycles. The summed E-state index contributed by atoms with van der Waals surface area (Å²) in [5.41, 5.74) is 5.72. The number of aromatic nitrogens is 1. The Kier molecular flexibility index (Phi) is 3.14. The summed E-state index contributed by atoms with van der Waals surface area (Å²) in [7, 11) is -3.29. The monoisotopic (exact) mass is 295 g/mol. The van der Waals surface area contributed by atoms with E-state index in [-0.39, 0.29) is 10.4 Å². The fraction of sp³-hybridized carbons (Fsp3) is 0.667. The van der Waals surface area contributed by atoms with Crippen LogP contribution < -0.4 is 10.5 Å². The molecule has 1 aliphatic carbocycles. The maximum absolute atomic E-state index is 11.7. The predicted molar refractivity (Wildman–Crippen MR) is 69.9 cm³/mol. The van der Waals surface area contributed by atoms with Crippen LogP contribution in [-0.4, -0.2) is 18.7 Å². The van der Waals surface area contributed by atoms with Gasteiger partial charge in [-0.3, -0.25) is 4.72 Å². The largest absolute Gasteiger partial charge is 0.321 e. The molecule has 0 amide bonds. The number of rotatable bonds is 4. The van der Waals surface area contributed by atoms with E-state index >= 15 is 0 Å². The third-order valence-electron chi connectivity index (χ3n) is 2.39. The fourth-order valence-corrected chi connectivity index (χ4v) is 4.27. The van der Waals surface area contributed by atoms with Crippen LogP contribution in [0.4, 0.5) is 5.13 Å². The smallest absolute Gasteiger partial charge is 0.237 e.